The van der Waals surface area contributed by atoms with Crippen LogP contribution in [0, 0.1) is 17.8 Å². The molecule has 0 heterocycles. The third-order valence-electron chi connectivity index (χ3n) is 1.59. The van der Waals surface area contributed by atoms with E-state index >= 15 is 0 Å². The number of hydrogen-bond donors (Lipinski definition) is 0. The monoisotopic (exact) mass is 106 g/mol. The van der Waals surface area contributed by atoms with Gasteiger partial charge in [0, 0.05) is 6.42 Å². The van der Waals surface area contributed by atoms with Crippen molar-refractivity contribution < 1.29 is 0 Å². The minimum Gasteiger partial charge on any atom is -0.0979 e. The van der Waals surface area contributed by atoms with Crippen LogP contribution in [-0.4, -0.2) is 0 Å². The number of hydrogen-bond acceptors (Lipinski definition) is 0. The van der Waals surface area contributed by atoms with Gasteiger partial charge in [-0.1, -0.05) is 24.3 Å². The molecular formula is C8H10. The number of rotatable bonds is 0. The molecule has 0 aromatic rings. The minimum absolute atomic E-state index is 0.691. The van der Waals surface area contributed by atoms with E-state index in [-0.39, 0.29) is 0 Å². The summed E-state index contributed by atoms with van der Waals surface area (Å²) in [7, 11) is 0. The predicted molar refractivity (Wildman–Crippen MR) is 35.3 cm³/mol. The van der Waals surface area contributed by atoms with E-state index in [1.165, 1.54) is 5.57 Å². The fraction of sp³-hybridized carbons (Fsp3) is 0.500. The van der Waals surface area contributed by atoms with E-state index in [1.807, 2.05) is 6.08 Å². The van der Waals surface area contributed by atoms with Gasteiger partial charge < -0.3 is 0 Å². The van der Waals surface area contributed by atoms with E-state index in [1.54, 1.807) is 0 Å². The summed E-state index contributed by atoms with van der Waals surface area (Å²) in [5.74, 6) is 6.68. The maximum atomic E-state index is 3.04. The van der Waals surface area contributed by atoms with Gasteiger partial charge in [-0.15, -0.1) is 0 Å². The van der Waals surface area contributed by atoms with Crippen LogP contribution < -0.4 is 0 Å². The van der Waals surface area contributed by atoms with Crippen molar-refractivity contribution in [3.8, 4) is 11.8 Å². The Morgan fingerprint density at radius 1 is 1.75 bits per heavy atom. The topological polar surface area (TPSA) is 0 Å². The lowest BCUT2D eigenvalue weighted by Crippen LogP contribution is -1.96. The molecule has 0 spiro atoms. The van der Waals surface area contributed by atoms with Crippen LogP contribution in [0.4, 0.5) is 0 Å². The van der Waals surface area contributed by atoms with Crippen LogP contribution in [0.5, 0.6) is 0 Å². The molecule has 42 valence electrons. The third-order valence-corrected chi connectivity index (χ3v) is 1.59. The predicted octanol–water partition coefficient (Wildman–Crippen LogP) is 1.98. The van der Waals surface area contributed by atoms with Gasteiger partial charge >= 0.3 is 0 Å². The molecule has 0 bridgehead atoms. The molecule has 1 rings (SSSR count). The Bertz CT molecular complexity index is 164. The van der Waals surface area contributed by atoms with Crippen LogP contribution >= 0.6 is 0 Å². The van der Waals surface area contributed by atoms with Crippen molar-refractivity contribution in [1.82, 2.24) is 0 Å². The summed E-state index contributed by atoms with van der Waals surface area (Å²) in [4.78, 5) is 0. The fourth-order valence-corrected chi connectivity index (χ4v) is 0.680. The van der Waals surface area contributed by atoms with Crippen LogP contribution in [0.2, 0.25) is 0 Å². The highest BCUT2D eigenvalue weighted by Gasteiger charge is 2.02. The normalized spacial score (nSPS) is 25.8. The highest BCUT2D eigenvalue weighted by Crippen LogP contribution is 2.14. The summed E-state index contributed by atoms with van der Waals surface area (Å²) in [5.41, 5.74) is 1.42. The highest BCUT2D eigenvalue weighted by molar-refractivity contribution is 5.26. The summed E-state index contributed by atoms with van der Waals surface area (Å²) in [6.07, 6.45) is 3.05. The van der Waals surface area contributed by atoms with Gasteiger partial charge in [-0.05, 0) is 18.9 Å². The smallest absolute Gasteiger partial charge is 0.0155 e. The molecule has 0 unspecified atom stereocenters. The first kappa shape index (κ1) is 5.44. The second-order valence-corrected chi connectivity index (χ2v) is 2.31. The highest BCUT2D eigenvalue weighted by atomic mass is 14.1. The molecule has 8 heavy (non-hydrogen) atoms. The van der Waals surface area contributed by atoms with Crippen molar-refractivity contribution >= 4 is 0 Å². The van der Waals surface area contributed by atoms with E-state index < -0.39 is 0 Å². The van der Waals surface area contributed by atoms with Crippen molar-refractivity contribution in [2.75, 3.05) is 0 Å². The first-order valence-corrected chi connectivity index (χ1v) is 2.96. The Hall–Kier alpha value is -0.700. The Morgan fingerprint density at radius 3 is 2.88 bits per heavy atom. The molecule has 0 N–H and O–H groups in total. The van der Waals surface area contributed by atoms with Crippen LogP contribution in [0.15, 0.2) is 11.6 Å². The van der Waals surface area contributed by atoms with Crippen molar-refractivity contribution in [2.24, 2.45) is 5.92 Å². The van der Waals surface area contributed by atoms with E-state index in [4.69, 9.17) is 0 Å². The lowest BCUT2D eigenvalue weighted by Gasteiger charge is -2.08. The molecule has 1 aliphatic carbocycles. The Kier molecular flexibility index (Phi) is 1.39. The second-order valence-electron chi connectivity index (χ2n) is 2.31. The molecule has 1 atom stereocenters. The fourth-order valence-electron chi connectivity index (χ4n) is 0.680. The minimum atomic E-state index is 0.691. The van der Waals surface area contributed by atoms with Crippen LogP contribution in [0.1, 0.15) is 20.3 Å². The van der Waals surface area contributed by atoms with Gasteiger partial charge in [0.2, 0.25) is 0 Å². The van der Waals surface area contributed by atoms with E-state index in [9.17, 15) is 0 Å². The second kappa shape index (κ2) is 2.05. The number of allylic oxidation sites excluding steroid dienone is 2. The maximum absolute atomic E-state index is 3.04. The summed E-state index contributed by atoms with van der Waals surface area (Å²) in [6.45, 7) is 4.35. The summed E-state index contributed by atoms with van der Waals surface area (Å²) >= 11 is 0. The van der Waals surface area contributed by atoms with Gasteiger partial charge in [-0.25, -0.2) is 0 Å². The van der Waals surface area contributed by atoms with Crippen molar-refractivity contribution in [2.45, 2.75) is 20.3 Å². The lowest BCUT2D eigenvalue weighted by atomic mass is 9.96. The standard InChI is InChI=1S/C8H10/c1-7-5-3-4-6-8(7)2/h5,8H,6H2,1-2H3/t8-/m1/s1. The van der Waals surface area contributed by atoms with Crippen LogP contribution in [-0.2, 0) is 0 Å². The summed E-state index contributed by atoms with van der Waals surface area (Å²) in [5, 5.41) is 0. The summed E-state index contributed by atoms with van der Waals surface area (Å²) < 4.78 is 0. The Labute approximate surface area is 50.6 Å². The average molecular weight is 106 g/mol. The van der Waals surface area contributed by atoms with Gasteiger partial charge in [0.25, 0.3) is 0 Å². The summed E-state index contributed by atoms with van der Waals surface area (Å²) in [6, 6.07) is 0. The van der Waals surface area contributed by atoms with Crippen molar-refractivity contribution in [1.29, 1.82) is 0 Å². The molecule has 0 amide bonds. The average Bonchev–Trinajstić information content (AvgIpc) is 1.77. The molecule has 0 aromatic carbocycles. The third kappa shape index (κ3) is 0.924. The molecule has 0 heteroatoms. The molecule has 0 nitrogen and oxygen atoms in total. The van der Waals surface area contributed by atoms with Gasteiger partial charge in [-0.2, -0.15) is 0 Å². The van der Waals surface area contributed by atoms with Crippen molar-refractivity contribution in [3.63, 3.8) is 0 Å². The first-order valence-electron chi connectivity index (χ1n) is 2.96. The van der Waals surface area contributed by atoms with Gasteiger partial charge in [0.15, 0.2) is 0 Å². The van der Waals surface area contributed by atoms with Gasteiger partial charge in [0.05, 0.1) is 0 Å². The molecule has 1 aliphatic rings. The maximum Gasteiger partial charge on any atom is 0.0155 e. The van der Waals surface area contributed by atoms with Crippen LogP contribution in [0.3, 0.4) is 0 Å². The lowest BCUT2D eigenvalue weighted by molar-refractivity contribution is 0.703. The van der Waals surface area contributed by atoms with E-state index in [0.717, 1.165) is 6.42 Å². The molecule has 0 fully saturated rings. The Balaban J connectivity index is 2.73. The van der Waals surface area contributed by atoms with E-state index in [2.05, 4.69) is 25.7 Å². The molecule has 0 saturated carbocycles. The van der Waals surface area contributed by atoms with Gasteiger partial charge in [-0.3, -0.25) is 0 Å². The molecule has 0 aromatic heterocycles. The molecule has 0 radical (unpaired) electrons. The quantitative estimate of drug-likeness (QED) is 0.414. The first-order chi connectivity index (χ1) is 3.80. The van der Waals surface area contributed by atoms with E-state index in [0.29, 0.717) is 5.92 Å². The SMILES string of the molecule is CC1=CC#CC[C@H]1C. The van der Waals surface area contributed by atoms with Crippen molar-refractivity contribution in [3.05, 3.63) is 11.6 Å². The zero-order valence-electron chi connectivity index (χ0n) is 5.36. The molecular weight excluding hydrogens is 96.1 g/mol. The van der Waals surface area contributed by atoms with Crippen LogP contribution in [0.25, 0.3) is 0 Å². The molecule has 0 saturated heterocycles. The Morgan fingerprint density at radius 2 is 2.50 bits per heavy atom. The van der Waals surface area contributed by atoms with Gasteiger partial charge in [0.1, 0.15) is 0 Å². The zero-order valence-corrected chi connectivity index (χ0v) is 5.36. The largest absolute Gasteiger partial charge is 0.0979 e. The zero-order chi connectivity index (χ0) is 5.98. The molecule has 0 aliphatic heterocycles.